The third-order valence-electron chi connectivity index (χ3n) is 2.91. The molecule has 0 bridgehead atoms. The Bertz CT molecular complexity index is 416. The van der Waals surface area contributed by atoms with Crippen molar-refractivity contribution in [1.29, 1.82) is 0 Å². The number of benzene rings is 1. The molecule has 1 heterocycles. The second kappa shape index (κ2) is 4.99. The summed E-state index contributed by atoms with van der Waals surface area (Å²) in [6, 6.07) is 9.80. The van der Waals surface area contributed by atoms with Crippen LogP contribution < -0.4 is 0 Å². The predicted octanol–water partition coefficient (Wildman–Crippen LogP) is 2.16. The topological polar surface area (TPSA) is 46.6 Å². The summed E-state index contributed by atoms with van der Waals surface area (Å²) in [5, 5.41) is 0. The summed E-state index contributed by atoms with van der Waals surface area (Å²) < 4.78 is 4.74. The highest BCUT2D eigenvalue weighted by Crippen LogP contribution is 2.20. The van der Waals surface area contributed by atoms with Crippen molar-refractivity contribution < 1.29 is 14.3 Å². The number of carbonyl (C=O) groups is 2. The number of rotatable bonds is 3. The zero-order valence-electron chi connectivity index (χ0n) is 9.76. The van der Waals surface area contributed by atoms with E-state index in [4.69, 9.17) is 4.74 Å². The van der Waals surface area contributed by atoms with Crippen LogP contribution in [-0.4, -0.2) is 30.1 Å². The smallest absolute Gasteiger partial charge is 0.416 e. The van der Waals surface area contributed by atoms with E-state index in [0.717, 1.165) is 5.56 Å². The highest BCUT2D eigenvalue weighted by molar-refractivity contribution is 5.93. The van der Waals surface area contributed by atoms with Crippen LogP contribution in [0, 0.1) is 0 Å². The second-order valence-electron chi connectivity index (χ2n) is 4.18. The molecule has 1 fully saturated rings. The molecule has 1 saturated heterocycles. The summed E-state index contributed by atoms with van der Waals surface area (Å²) in [5.74, 6) is -0.0547. The third-order valence-corrected chi connectivity index (χ3v) is 2.91. The standard InChI is InChI=1S/C13H15NO3/c1-10(11-5-3-2-4-6-11)9-12(15)14-7-8-17-13(14)16/h2-6,10H,7-9H2,1H3/t10-/m1/s1. The summed E-state index contributed by atoms with van der Waals surface area (Å²) in [5.41, 5.74) is 1.11. The molecule has 1 aromatic rings. The average Bonchev–Trinajstić information content (AvgIpc) is 2.76. The molecule has 0 spiro atoms. The molecule has 1 atom stereocenters. The summed E-state index contributed by atoms with van der Waals surface area (Å²) in [7, 11) is 0. The van der Waals surface area contributed by atoms with Crippen LogP contribution in [-0.2, 0) is 9.53 Å². The van der Waals surface area contributed by atoms with Crippen LogP contribution in [0.3, 0.4) is 0 Å². The van der Waals surface area contributed by atoms with Gasteiger partial charge in [0.1, 0.15) is 6.61 Å². The number of imide groups is 1. The summed E-state index contributed by atoms with van der Waals surface area (Å²) in [4.78, 5) is 24.3. The molecule has 0 aliphatic carbocycles. The van der Waals surface area contributed by atoms with Gasteiger partial charge in [0.25, 0.3) is 0 Å². The van der Waals surface area contributed by atoms with Crippen LogP contribution in [0.25, 0.3) is 0 Å². The SMILES string of the molecule is C[C@H](CC(=O)N1CCOC1=O)c1ccccc1. The summed E-state index contributed by atoms with van der Waals surface area (Å²) >= 11 is 0. The van der Waals surface area contributed by atoms with Crippen molar-refractivity contribution in [2.75, 3.05) is 13.2 Å². The Morgan fingerprint density at radius 3 is 2.71 bits per heavy atom. The molecule has 1 aromatic carbocycles. The van der Waals surface area contributed by atoms with E-state index in [1.54, 1.807) is 0 Å². The van der Waals surface area contributed by atoms with Crippen LogP contribution in [0.15, 0.2) is 30.3 Å². The van der Waals surface area contributed by atoms with Gasteiger partial charge in [0.2, 0.25) is 5.91 Å². The number of hydrogen-bond donors (Lipinski definition) is 0. The van der Waals surface area contributed by atoms with Gasteiger partial charge in [0, 0.05) is 6.42 Å². The number of carbonyl (C=O) groups excluding carboxylic acids is 2. The van der Waals surface area contributed by atoms with E-state index in [2.05, 4.69) is 0 Å². The highest BCUT2D eigenvalue weighted by Gasteiger charge is 2.29. The number of hydrogen-bond acceptors (Lipinski definition) is 3. The minimum absolute atomic E-state index is 0.108. The Morgan fingerprint density at radius 1 is 1.41 bits per heavy atom. The lowest BCUT2D eigenvalue weighted by Gasteiger charge is -2.15. The first-order valence-electron chi connectivity index (χ1n) is 5.70. The maximum Gasteiger partial charge on any atom is 0.416 e. The molecule has 0 radical (unpaired) electrons. The first kappa shape index (κ1) is 11.6. The van der Waals surface area contributed by atoms with Crippen molar-refractivity contribution in [3.05, 3.63) is 35.9 Å². The van der Waals surface area contributed by atoms with Gasteiger partial charge in [0.15, 0.2) is 0 Å². The Balaban J connectivity index is 1.97. The molecule has 1 aliphatic heterocycles. The fraction of sp³-hybridized carbons (Fsp3) is 0.385. The maximum absolute atomic E-state index is 11.9. The molecule has 2 rings (SSSR count). The van der Waals surface area contributed by atoms with Crippen molar-refractivity contribution in [3.63, 3.8) is 0 Å². The molecular weight excluding hydrogens is 218 g/mol. The van der Waals surface area contributed by atoms with Crippen LogP contribution in [0.5, 0.6) is 0 Å². The average molecular weight is 233 g/mol. The molecular formula is C13H15NO3. The van der Waals surface area contributed by atoms with Crippen molar-refractivity contribution in [1.82, 2.24) is 4.90 Å². The van der Waals surface area contributed by atoms with Crippen molar-refractivity contribution in [2.24, 2.45) is 0 Å². The minimum atomic E-state index is -0.518. The van der Waals surface area contributed by atoms with E-state index < -0.39 is 6.09 Å². The Morgan fingerprint density at radius 2 is 2.12 bits per heavy atom. The van der Waals surface area contributed by atoms with Crippen molar-refractivity contribution >= 4 is 12.0 Å². The molecule has 0 saturated carbocycles. The molecule has 1 aliphatic rings. The monoisotopic (exact) mass is 233 g/mol. The summed E-state index contributed by atoms with van der Waals surface area (Å²) in [6.45, 7) is 2.66. The van der Waals surface area contributed by atoms with Gasteiger partial charge in [0.05, 0.1) is 6.54 Å². The van der Waals surface area contributed by atoms with E-state index in [9.17, 15) is 9.59 Å². The van der Waals surface area contributed by atoms with Crippen molar-refractivity contribution in [3.8, 4) is 0 Å². The molecule has 90 valence electrons. The van der Waals surface area contributed by atoms with Crippen LogP contribution in [0.4, 0.5) is 4.79 Å². The molecule has 0 aromatic heterocycles. The van der Waals surface area contributed by atoms with Gasteiger partial charge in [-0.2, -0.15) is 0 Å². The van der Waals surface area contributed by atoms with Crippen LogP contribution >= 0.6 is 0 Å². The maximum atomic E-state index is 11.9. The van der Waals surface area contributed by atoms with Crippen LogP contribution in [0.1, 0.15) is 24.8 Å². The Labute approximate surface area is 100 Å². The van der Waals surface area contributed by atoms with Gasteiger partial charge in [-0.25, -0.2) is 9.69 Å². The van der Waals surface area contributed by atoms with Gasteiger partial charge >= 0.3 is 6.09 Å². The van der Waals surface area contributed by atoms with Crippen molar-refractivity contribution in [2.45, 2.75) is 19.3 Å². The second-order valence-corrected chi connectivity index (χ2v) is 4.18. The fourth-order valence-corrected chi connectivity index (χ4v) is 1.89. The third kappa shape index (κ3) is 2.64. The highest BCUT2D eigenvalue weighted by atomic mass is 16.6. The number of amides is 2. The van der Waals surface area contributed by atoms with E-state index in [-0.39, 0.29) is 11.8 Å². The molecule has 0 N–H and O–H groups in total. The first-order valence-corrected chi connectivity index (χ1v) is 5.70. The van der Waals surface area contributed by atoms with E-state index >= 15 is 0 Å². The first-order chi connectivity index (χ1) is 8.18. The van der Waals surface area contributed by atoms with Gasteiger partial charge < -0.3 is 4.74 Å². The predicted molar refractivity (Wildman–Crippen MR) is 62.5 cm³/mol. The summed E-state index contributed by atoms with van der Waals surface area (Å²) in [6.07, 6.45) is -0.186. The van der Waals surface area contributed by atoms with Crippen LogP contribution in [0.2, 0.25) is 0 Å². The Hall–Kier alpha value is -1.84. The zero-order valence-corrected chi connectivity index (χ0v) is 9.76. The van der Waals surface area contributed by atoms with Gasteiger partial charge in [-0.1, -0.05) is 37.3 Å². The largest absolute Gasteiger partial charge is 0.447 e. The van der Waals surface area contributed by atoms with E-state index in [1.807, 2.05) is 37.3 Å². The van der Waals surface area contributed by atoms with Gasteiger partial charge in [-0.15, -0.1) is 0 Å². The molecule has 17 heavy (non-hydrogen) atoms. The minimum Gasteiger partial charge on any atom is -0.447 e. The lowest BCUT2D eigenvalue weighted by atomic mass is 9.97. The normalized spacial score (nSPS) is 16.8. The number of nitrogens with zero attached hydrogens (tertiary/aromatic N) is 1. The van der Waals surface area contributed by atoms with Gasteiger partial charge in [-0.3, -0.25) is 4.79 Å². The lowest BCUT2D eigenvalue weighted by molar-refractivity contribution is -0.128. The fourth-order valence-electron chi connectivity index (χ4n) is 1.89. The molecule has 4 heteroatoms. The number of ether oxygens (including phenoxy) is 1. The number of cyclic esters (lactones) is 1. The van der Waals surface area contributed by atoms with E-state index in [0.29, 0.717) is 19.6 Å². The zero-order chi connectivity index (χ0) is 12.3. The molecule has 0 unspecified atom stereocenters. The molecule has 2 amide bonds. The lowest BCUT2D eigenvalue weighted by Crippen LogP contribution is -2.32. The van der Waals surface area contributed by atoms with E-state index in [1.165, 1.54) is 4.90 Å². The Kier molecular flexibility index (Phi) is 3.42. The molecule has 4 nitrogen and oxygen atoms in total. The quantitative estimate of drug-likeness (QED) is 0.803. The van der Waals surface area contributed by atoms with Gasteiger partial charge in [-0.05, 0) is 11.5 Å².